The highest BCUT2D eigenvalue weighted by Crippen LogP contribution is 2.18. The Labute approximate surface area is 141 Å². The Kier molecular flexibility index (Phi) is 5.99. The van der Waals surface area contributed by atoms with Gasteiger partial charge >= 0.3 is 0 Å². The molecule has 0 radical (unpaired) electrons. The Hall–Kier alpha value is -2.07. The van der Waals surface area contributed by atoms with Crippen LogP contribution in [0.15, 0.2) is 42.5 Å². The van der Waals surface area contributed by atoms with E-state index in [4.69, 9.17) is 11.6 Å². The average molecular weight is 335 g/mol. The van der Waals surface area contributed by atoms with E-state index in [-0.39, 0.29) is 10.6 Å². The lowest BCUT2D eigenvalue weighted by atomic mass is 10.1. The number of amides is 1. The second-order valence-corrected chi connectivity index (χ2v) is 5.92. The number of hydrogen-bond acceptors (Lipinski definition) is 2. The lowest BCUT2D eigenvalue weighted by Gasteiger charge is -2.12. The minimum atomic E-state index is -0.603. The van der Waals surface area contributed by atoms with Gasteiger partial charge in [-0.15, -0.1) is 0 Å². The van der Waals surface area contributed by atoms with Crippen LogP contribution in [0.3, 0.4) is 0 Å². The first kappa shape index (κ1) is 17.3. The van der Waals surface area contributed by atoms with Gasteiger partial charge in [-0.3, -0.25) is 4.79 Å². The van der Waals surface area contributed by atoms with Gasteiger partial charge in [-0.1, -0.05) is 29.8 Å². The lowest BCUT2D eigenvalue weighted by Crippen LogP contribution is -2.26. The molecule has 2 aromatic carbocycles. The van der Waals surface area contributed by atoms with Crippen LogP contribution in [0.5, 0.6) is 0 Å². The molecule has 1 amide bonds. The van der Waals surface area contributed by atoms with Crippen LogP contribution in [0.2, 0.25) is 5.02 Å². The van der Waals surface area contributed by atoms with Gasteiger partial charge in [0.05, 0.1) is 10.6 Å². The molecular weight excluding hydrogens is 315 g/mol. The maximum atomic E-state index is 13.6. The normalized spacial score (nSPS) is 10.4. The molecule has 2 aromatic rings. The van der Waals surface area contributed by atoms with Crippen molar-refractivity contribution in [3.63, 3.8) is 0 Å². The number of carbonyl (C=O) groups is 1. The van der Waals surface area contributed by atoms with Gasteiger partial charge in [0.15, 0.2) is 0 Å². The van der Waals surface area contributed by atoms with Gasteiger partial charge in [0.25, 0.3) is 5.91 Å². The van der Waals surface area contributed by atoms with Crippen molar-refractivity contribution in [3.05, 3.63) is 64.4 Å². The van der Waals surface area contributed by atoms with Crippen LogP contribution in [0.1, 0.15) is 22.3 Å². The zero-order valence-electron chi connectivity index (χ0n) is 13.3. The Morgan fingerprint density at radius 3 is 2.48 bits per heavy atom. The second-order valence-electron chi connectivity index (χ2n) is 5.52. The van der Waals surface area contributed by atoms with E-state index in [1.807, 2.05) is 19.0 Å². The fourth-order valence-electron chi connectivity index (χ4n) is 2.26. The number of nitrogens with zero attached hydrogens (tertiary/aromatic N) is 1. The highest BCUT2D eigenvalue weighted by molar-refractivity contribution is 6.33. The Morgan fingerprint density at radius 2 is 1.87 bits per heavy atom. The fourth-order valence-corrected chi connectivity index (χ4v) is 2.51. The molecule has 0 saturated heterocycles. The molecule has 5 heteroatoms. The number of carbonyl (C=O) groups excluding carboxylic acids is 1. The molecule has 2 rings (SSSR count). The quantitative estimate of drug-likeness (QED) is 0.812. The van der Waals surface area contributed by atoms with Crippen molar-refractivity contribution >= 4 is 23.2 Å². The number of rotatable bonds is 6. The molecule has 0 aromatic heterocycles. The summed E-state index contributed by atoms with van der Waals surface area (Å²) < 4.78 is 13.6. The summed E-state index contributed by atoms with van der Waals surface area (Å²) in [7, 11) is 4.00. The van der Waals surface area contributed by atoms with Crippen molar-refractivity contribution in [3.8, 4) is 0 Å². The van der Waals surface area contributed by atoms with Crippen molar-refractivity contribution in [1.82, 2.24) is 5.32 Å². The first-order valence-electron chi connectivity index (χ1n) is 7.47. The number of benzene rings is 2. The number of nitrogens with one attached hydrogen (secondary N) is 1. The maximum absolute atomic E-state index is 13.6. The summed E-state index contributed by atoms with van der Waals surface area (Å²) in [4.78, 5) is 14.0. The molecule has 1 N–H and O–H groups in total. The van der Waals surface area contributed by atoms with E-state index >= 15 is 0 Å². The Balaban J connectivity index is 1.82. The fraction of sp³-hybridized carbons (Fsp3) is 0.278. The lowest BCUT2D eigenvalue weighted by molar-refractivity contribution is 0.0949. The van der Waals surface area contributed by atoms with Crippen molar-refractivity contribution in [2.24, 2.45) is 0 Å². The third kappa shape index (κ3) is 4.70. The third-order valence-corrected chi connectivity index (χ3v) is 3.89. The van der Waals surface area contributed by atoms with Crippen LogP contribution in [0.25, 0.3) is 0 Å². The van der Waals surface area contributed by atoms with E-state index in [0.717, 1.165) is 18.5 Å². The van der Waals surface area contributed by atoms with Crippen LogP contribution >= 0.6 is 11.6 Å². The maximum Gasteiger partial charge on any atom is 0.255 e. The van der Waals surface area contributed by atoms with Gasteiger partial charge in [0.2, 0.25) is 0 Å². The van der Waals surface area contributed by atoms with Crippen molar-refractivity contribution in [2.45, 2.75) is 12.8 Å². The molecule has 122 valence electrons. The minimum absolute atomic E-state index is 0.0931. The molecule has 0 saturated carbocycles. The predicted octanol–water partition coefficient (Wildman–Crippen LogP) is 3.91. The Bertz CT molecular complexity index is 651. The summed E-state index contributed by atoms with van der Waals surface area (Å²) in [6, 6.07) is 12.5. The molecule has 23 heavy (non-hydrogen) atoms. The van der Waals surface area contributed by atoms with Crippen molar-refractivity contribution < 1.29 is 9.18 Å². The monoisotopic (exact) mass is 334 g/mol. The van der Waals surface area contributed by atoms with E-state index in [9.17, 15) is 9.18 Å². The summed E-state index contributed by atoms with van der Waals surface area (Å²) in [5.74, 6) is -1.08. The first-order chi connectivity index (χ1) is 11.0. The molecule has 0 aliphatic carbocycles. The molecule has 0 spiro atoms. The van der Waals surface area contributed by atoms with E-state index in [1.165, 1.54) is 23.8 Å². The van der Waals surface area contributed by atoms with Crippen molar-refractivity contribution in [2.75, 3.05) is 25.5 Å². The van der Waals surface area contributed by atoms with Gasteiger partial charge in [0.1, 0.15) is 5.82 Å². The Morgan fingerprint density at radius 1 is 1.17 bits per heavy atom. The van der Waals surface area contributed by atoms with Crippen LogP contribution in [0.4, 0.5) is 10.1 Å². The molecule has 0 fully saturated rings. The van der Waals surface area contributed by atoms with E-state index in [1.54, 1.807) is 0 Å². The number of hydrogen-bond donors (Lipinski definition) is 1. The van der Waals surface area contributed by atoms with Gasteiger partial charge < -0.3 is 10.2 Å². The third-order valence-electron chi connectivity index (χ3n) is 3.57. The van der Waals surface area contributed by atoms with Crippen LogP contribution in [-0.4, -0.2) is 26.5 Å². The molecule has 0 bridgehead atoms. The number of anilines is 1. The number of aryl methyl sites for hydroxylation is 1. The predicted molar refractivity (Wildman–Crippen MR) is 92.8 cm³/mol. The van der Waals surface area contributed by atoms with Crippen LogP contribution in [-0.2, 0) is 6.42 Å². The van der Waals surface area contributed by atoms with Gasteiger partial charge in [0, 0.05) is 26.3 Å². The summed E-state index contributed by atoms with van der Waals surface area (Å²) in [6.45, 7) is 0.471. The van der Waals surface area contributed by atoms with E-state index in [2.05, 4.69) is 29.6 Å². The molecule has 0 unspecified atom stereocenters. The number of halogens is 2. The smallest absolute Gasteiger partial charge is 0.255 e. The largest absolute Gasteiger partial charge is 0.378 e. The van der Waals surface area contributed by atoms with E-state index < -0.39 is 11.7 Å². The zero-order valence-corrected chi connectivity index (χ0v) is 14.0. The highest BCUT2D eigenvalue weighted by Gasteiger charge is 2.14. The summed E-state index contributed by atoms with van der Waals surface area (Å²) in [5.41, 5.74) is 2.26. The molecule has 0 atom stereocenters. The molecule has 0 aliphatic heterocycles. The van der Waals surface area contributed by atoms with Gasteiger partial charge in [-0.05, 0) is 42.7 Å². The van der Waals surface area contributed by atoms with Crippen LogP contribution in [0, 0.1) is 5.82 Å². The molecule has 0 heterocycles. The molecule has 0 aliphatic rings. The summed E-state index contributed by atoms with van der Waals surface area (Å²) >= 11 is 5.87. The first-order valence-corrected chi connectivity index (χ1v) is 7.85. The zero-order chi connectivity index (χ0) is 16.8. The second kappa shape index (κ2) is 7.97. The van der Waals surface area contributed by atoms with Crippen molar-refractivity contribution in [1.29, 1.82) is 0 Å². The van der Waals surface area contributed by atoms with Crippen LogP contribution < -0.4 is 10.2 Å². The SMILES string of the molecule is CN(C)c1ccc(CCCNC(=O)c2c(F)cccc2Cl)cc1. The highest BCUT2D eigenvalue weighted by atomic mass is 35.5. The molecule has 3 nitrogen and oxygen atoms in total. The summed E-state index contributed by atoms with van der Waals surface area (Å²) in [6.07, 6.45) is 1.62. The van der Waals surface area contributed by atoms with Gasteiger partial charge in [-0.2, -0.15) is 0 Å². The topological polar surface area (TPSA) is 32.3 Å². The standard InChI is InChI=1S/C18H20ClFN2O/c1-22(2)14-10-8-13(9-11-14)5-4-12-21-18(23)17-15(19)6-3-7-16(17)20/h3,6-11H,4-5,12H2,1-2H3,(H,21,23). The van der Waals surface area contributed by atoms with E-state index in [0.29, 0.717) is 6.54 Å². The minimum Gasteiger partial charge on any atom is -0.378 e. The average Bonchev–Trinajstić information content (AvgIpc) is 2.52. The van der Waals surface area contributed by atoms with Gasteiger partial charge in [-0.25, -0.2) is 4.39 Å². The summed E-state index contributed by atoms with van der Waals surface area (Å²) in [5, 5.41) is 2.84. The molecular formula is C18H20ClFN2O.